The molecule has 3 heteroatoms. The summed E-state index contributed by atoms with van der Waals surface area (Å²) in [4.78, 5) is 0. The van der Waals surface area contributed by atoms with Gasteiger partial charge in [-0.25, -0.2) is 0 Å². The molecule has 1 nitrogen and oxygen atoms in total. The number of rotatable bonds is 0. The lowest BCUT2D eigenvalue weighted by atomic mass is 10.3. The molecular formula is C7H8NPS. The van der Waals surface area contributed by atoms with Gasteiger partial charge in [0, 0.05) is 11.0 Å². The summed E-state index contributed by atoms with van der Waals surface area (Å²) in [6.45, 7) is 2.12. The van der Waals surface area contributed by atoms with E-state index < -0.39 is 6.19 Å². The molecule has 0 aliphatic carbocycles. The predicted octanol–water partition coefficient (Wildman–Crippen LogP) is 1.76. The quantitative estimate of drug-likeness (QED) is 0.594. The first-order chi connectivity index (χ1) is 4.70. The molecule has 1 N–H and O–H groups in total. The molecule has 0 saturated heterocycles. The van der Waals surface area contributed by atoms with Crippen molar-refractivity contribution >= 4 is 29.0 Å². The number of para-hydroxylation sites is 1. The molecule has 10 heavy (non-hydrogen) atoms. The van der Waals surface area contributed by atoms with Gasteiger partial charge in [0.2, 0.25) is 0 Å². The van der Waals surface area contributed by atoms with Crippen molar-refractivity contribution in [1.82, 2.24) is 0 Å². The Morgan fingerprint density at radius 1 is 1.40 bits per heavy atom. The number of hydrogen-bond acceptors (Lipinski definition) is 1. The molecule has 2 rings (SSSR count). The van der Waals surface area contributed by atoms with Crippen molar-refractivity contribution in [1.29, 1.82) is 0 Å². The standard InChI is InChI=1S/C7H8NPS/c1-9(10)7-5-3-2-4-6(7)8-9/h2-5H,1H3,(H,8,10). The van der Waals surface area contributed by atoms with Gasteiger partial charge >= 0.3 is 0 Å². The van der Waals surface area contributed by atoms with Crippen molar-refractivity contribution in [3.63, 3.8) is 0 Å². The van der Waals surface area contributed by atoms with Crippen LogP contribution < -0.4 is 10.4 Å². The van der Waals surface area contributed by atoms with Crippen LogP contribution in [0.15, 0.2) is 24.3 Å². The van der Waals surface area contributed by atoms with Crippen molar-refractivity contribution in [2.24, 2.45) is 0 Å². The fraction of sp³-hybridized carbons (Fsp3) is 0.143. The van der Waals surface area contributed by atoms with Gasteiger partial charge in [0.1, 0.15) is 0 Å². The van der Waals surface area contributed by atoms with E-state index in [-0.39, 0.29) is 0 Å². The number of nitrogens with one attached hydrogen (secondary N) is 1. The monoisotopic (exact) mass is 169 g/mol. The zero-order valence-electron chi connectivity index (χ0n) is 5.66. The lowest BCUT2D eigenvalue weighted by Crippen LogP contribution is -2.24. The van der Waals surface area contributed by atoms with Crippen LogP contribution in [-0.4, -0.2) is 6.66 Å². The Kier molecular flexibility index (Phi) is 1.17. The molecule has 0 amide bonds. The maximum Gasteiger partial charge on any atom is 0.0612 e. The smallest absolute Gasteiger partial charge is 0.0612 e. The molecule has 0 bridgehead atoms. The Morgan fingerprint density at radius 2 is 2.10 bits per heavy atom. The van der Waals surface area contributed by atoms with Crippen LogP contribution in [0.2, 0.25) is 0 Å². The Hall–Kier alpha value is -0.330. The van der Waals surface area contributed by atoms with E-state index in [1.807, 2.05) is 12.1 Å². The Balaban J connectivity index is 2.63. The predicted molar refractivity (Wildman–Crippen MR) is 49.9 cm³/mol. The van der Waals surface area contributed by atoms with E-state index in [1.54, 1.807) is 0 Å². The maximum absolute atomic E-state index is 5.33. The highest BCUT2D eigenvalue weighted by Crippen LogP contribution is 2.50. The van der Waals surface area contributed by atoms with Crippen LogP contribution in [0.3, 0.4) is 0 Å². The average Bonchev–Trinajstić information content (AvgIpc) is 1.86. The summed E-state index contributed by atoms with van der Waals surface area (Å²) >= 11 is 5.33. The van der Waals surface area contributed by atoms with Gasteiger partial charge in [-0.1, -0.05) is 23.9 Å². The second-order valence-electron chi connectivity index (χ2n) is 2.55. The van der Waals surface area contributed by atoms with Crippen LogP contribution in [0.25, 0.3) is 0 Å². The number of benzene rings is 1. The first-order valence-electron chi connectivity index (χ1n) is 3.15. The minimum Gasteiger partial charge on any atom is -0.354 e. The van der Waals surface area contributed by atoms with Crippen LogP contribution in [0.5, 0.6) is 0 Å². The van der Waals surface area contributed by atoms with Crippen LogP contribution in [-0.2, 0) is 11.8 Å². The van der Waals surface area contributed by atoms with Crippen molar-refractivity contribution in [3.05, 3.63) is 24.3 Å². The lowest BCUT2D eigenvalue weighted by molar-refractivity contribution is 1.67. The van der Waals surface area contributed by atoms with Gasteiger partial charge in [-0.2, -0.15) is 0 Å². The fourth-order valence-corrected chi connectivity index (χ4v) is 3.52. The molecule has 1 aliphatic rings. The maximum atomic E-state index is 5.33. The van der Waals surface area contributed by atoms with E-state index in [0.717, 1.165) is 0 Å². The van der Waals surface area contributed by atoms with Gasteiger partial charge in [-0.05, 0) is 18.8 Å². The molecule has 0 radical (unpaired) electrons. The third-order valence-electron chi connectivity index (χ3n) is 1.70. The normalized spacial score (nSPS) is 28.1. The van der Waals surface area contributed by atoms with Crippen LogP contribution in [0.1, 0.15) is 0 Å². The van der Waals surface area contributed by atoms with Gasteiger partial charge in [-0.15, -0.1) is 0 Å². The van der Waals surface area contributed by atoms with Crippen molar-refractivity contribution in [2.45, 2.75) is 0 Å². The minimum absolute atomic E-state index is 1.23. The van der Waals surface area contributed by atoms with Gasteiger partial charge in [0.05, 0.1) is 6.19 Å². The SMILES string of the molecule is CP1(=S)Nc2ccccc21. The third kappa shape index (κ3) is 0.727. The molecule has 1 aromatic carbocycles. The Bertz CT molecular complexity index is 321. The van der Waals surface area contributed by atoms with E-state index in [2.05, 4.69) is 23.9 Å². The first-order valence-corrected chi connectivity index (χ1v) is 6.40. The molecule has 0 spiro atoms. The molecule has 1 atom stereocenters. The van der Waals surface area contributed by atoms with E-state index in [0.29, 0.717) is 0 Å². The van der Waals surface area contributed by atoms with E-state index in [4.69, 9.17) is 11.8 Å². The van der Waals surface area contributed by atoms with Gasteiger partial charge < -0.3 is 5.09 Å². The highest BCUT2D eigenvalue weighted by Gasteiger charge is 2.26. The van der Waals surface area contributed by atoms with E-state index in [9.17, 15) is 0 Å². The highest BCUT2D eigenvalue weighted by atomic mass is 32.4. The zero-order valence-corrected chi connectivity index (χ0v) is 7.38. The summed E-state index contributed by atoms with van der Waals surface area (Å²) < 4.78 is 0. The second kappa shape index (κ2) is 1.84. The summed E-state index contributed by atoms with van der Waals surface area (Å²) in [6, 6.07) is 8.26. The van der Waals surface area contributed by atoms with E-state index >= 15 is 0 Å². The number of anilines is 1. The zero-order chi connectivity index (χ0) is 7.19. The fourth-order valence-electron chi connectivity index (χ4n) is 1.18. The minimum atomic E-state index is -1.27. The van der Waals surface area contributed by atoms with Crippen LogP contribution in [0.4, 0.5) is 5.69 Å². The number of fused-ring (bicyclic) bond motifs is 1. The summed E-state index contributed by atoms with van der Waals surface area (Å²) in [5, 5.41) is 4.64. The summed E-state index contributed by atoms with van der Waals surface area (Å²) in [7, 11) is 0. The first kappa shape index (κ1) is 6.38. The lowest BCUT2D eigenvalue weighted by Gasteiger charge is -2.32. The average molecular weight is 169 g/mol. The van der Waals surface area contributed by atoms with Crippen LogP contribution >= 0.6 is 6.19 Å². The molecule has 0 fully saturated rings. The Morgan fingerprint density at radius 3 is 2.60 bits per heavy atom. The topological polar surface area (TPSA) is 12.0 Å². The van der Waals surface area contributed by atoms with Crippen LogP contribution in [0, 0.1) is 0 Å². The van der Waals surface area contributed by atoms with Gasteiger partial charge in [0.15, 0.2) is 0 Å². The number of hydrogen-bond donors (Lipinski definition) is 1. The molecule has 1 heterocycles. The molecule has 1 aromatic rings. The highest BCUT2D eigenvalue weighted by molar-refractivity contribution is 8.19. The molecule has 0 saturated carbocycles. The molecular weight excluding hydrogens is 161 g/mol. The summed E-state index contributed by atoms with van der Waals surface area (Å²) in [5.41, 5.74) is 1.23. The second-order valence-corrected chi connectivity index (χ2v) is 7.30. The molecule has 52 valence electrons. The molecule has 1 aliphatic heterocycles. The third-order valence-corrected chi connectivity index (χ3v) is 4.54. The van der Waals surface area contributed by atoms with Gasteiger partial charge in [-0.3, -0.25) is 0 Å². The van der Waals surface area contributed by atoms with Crippen molar-refractivity contribution in [3.8, 4) is 0 Å². The van der Waals surface area contributed by atoms with Gasteiger partial charge in [0.25, 0.3) is 0 Å². The molecule has 1 unspecified atom stereocenters. The van der Waals surface area contributed by atoms with E-state index in [1.165, 1.54) is 11.0 Å². The Labute approximate surface area is 65.5 Å². The van der Waals surface area contributed by atoms with Crippen molar-refractivity contribution in [2.75, 3.05) is 11.8 Å². The summed E-state index contributed by atoms with van der Waals surface area (Å²) in [5.74, 6) is 0. The van der Waals surface area contributed by atoms with Crippen molar-refractivity contribution < 1.29 is 0 Å². The summed E-state index contributed by atoms with van der Waals surface area (Å²) in [6.07, 6.45) is -1.27. The molecule has 0 aromatic heterocycles. The largest absolute Gasteiger partial charge is 0.354 e.